The second kappa shape index (κ2) is 5.53. The molecule has 11 heteroatoms. The zero-order chi connectivity index (χ0) is 17.7. The van der Waals surface area contributed by atoms with E-state index >= 15 is 0 Å². The molecule has 0 spiro atoms. The SMILES string of the molecule is Cc1noc([C@@]2(O)CCN(S(=O)(=O)c3cc(F)c(F)cc3F)C2)n1. The first-order valence-electron chi connectivity index (χ1n) is 6.81. The molecule has 3 rings (SSSR count). The third kappa shape index (κ3) is 2.68. The van der Waals surface area contributed by atoms with Gasteiger partial charge in [0, 0.05) is 19.0 Å². The van der Waals surface area contributed by atoms with Crippen LogP contribution in [0, 0.1) is 24.4 Å². The van der Waals surface area contributed by atoms with Crippen molar-refractivity contribution >= 4 is 10.0 Å². The van der Waals surface area contributed by atoms with E-state index in [0.29, 0.717) is 0 Å². The van der Waals surface area contributed by atoms with Gasteiger partial charge in [0.15, 0.2) is 23.1 Å². The largest absolute Gasteiger partial charge is 0.379 e. The van der Waals surface area contributed by atoms with Crippen LogP contribution in [0.15, 0.2) is 21.6 Å². The lowest BCUT2D eigenvalue weighted by Crippen LogP contribution is -2.35. The minimum absolute atomic E-state index is 0.0703. The molecule has 1 aliphatic heterocycles. The topological polar surface area (TPSA) is 96.5 Å². The van der Waals surface area contributed by atoms with Gasteiger partial charge in [0.2, 0.25) is 10.0 Å². The van der Waals surface area contributed by atoms with Gasteiger partial charge in [0.25, 0.3) is 5.89 Å². The molecule has 1 fully saturated rings. The van der Waals surface area contributed by atoms with Crippen molar-refractivity contribution < 1.29 is 31.2 Å². The quantitative estimate of drug-likeness (QED) is 0.820. The van der Waals surface area contributed by atoms with Gasteiger partial charge in [-0.25, -0.2) is 21.6 Å². The van der Waals surface area contributed by atoms with E-state index in [4.69, 9.17) is 4.52 Å². The van der Waals surface area contributed by atoms with Crippen LogP contribution in [0.1, 0.15) is 18.1 Å². The van der Waals surface area contributed by atoms with Crippen LogP contribution in [0.25, 0.3) is 0 Å². The number of β-amino-alcohol motifs (C(OH)–C–C–N with tert-alkyl or cyclic N) is 1. The van der Waals surface area contributed by atoms with Gasteiger partial charge < -0.3 is 9.63 Å². The van der Waals surface area contributed by atoms with Crippen LogP contribution in [0.5, 0.6) is 0 Å². The number of hydrogen-bond donors (Lipinski definition) is 1. The van der Waals surface area contributed by atoms with Gasteiger partial charge in [-0.05, 0) is 13.0 Å². The molecule has 24 heavy (non-hydrogen) atoms. The van der Waals surface area contributed by atoms with Gasteiger partial charge in [0.1, 0.15) is 10.7 Å². The van der Waals surface area contributed by atoms with E-state index in [1.54, 1.807) is 0 Å². The zero-order valence-electron chi connectivity index (χ0n) is 12.3. The molecule has 1 N–H and O–H groups in total. The Bertz CT molecular complexity index is 902. The van der Waals surface area contributed by atoms with Gasteiger partial charge in [-0.15, -0.1) is 0 Å². The molecule has 1 aliphatic rings. The molecule has 2 aromatic rings. The second-order valence-corrected chi connectivity index (χ2v) is 7.37. The van der Waals surface area contributed by atoms with Gasteiger partial charge in [-0.2, -0.15) is 9.29 Å². The summed E-state index contributed by atoms with van der Waals surface area (Å²) >= 11 is 0. The molecule has 0 radical (unpaired) electrons. The summed E-state index contributed by atoms with van der Waals surface area (Å²) in [6.07, 6.45) is -0.0703. The van der Waals surface area contributed by atoms with Crippen molar-refractivity contribution in [1.82, 2.24) is 14.4 Å². The van der Waals surface area contributed by atoms with Crippen molar-refractivity contribution in [3.05, 3.63) is 41.3 Å². The molecule has 0 amide bonds. The van der Waals surface area contributed by atoms with Crippen LogP contribution >= 0.6 is 0 Å². The highest BCUT2D eigenvalue weighted by atomic mass is 32.2. The lowest BCUT2D eigenvalue weighted by atomic mass is 10.0. The maximum Gasteiger partial charge on any atom is 0.260 e. The van der Waals surface area contributed by atoms with Crippen LogP contribution in [0.4, 0.5) is 13.2 Å². The Hall–Kier alpha value is -1.98. The number of aromatic nitrogens is 2. The first kappa shape index (κ1) is 16.9. The molecule has 7 nitrogen and oxygen atoms in total. The maximum atomic E-state index is 13.8. The molecular weight excluding hydrogens is 351 g/mol. The van der Waals surface area contributed by atoms with Crippen molar-refractivity contribution in [2.45, 2.75) is 23.8 Å². The van der Waals surface area contributed by atoms with Crippen molar-refractivity contribution in [2.75, 3.05) is 13.1 Å². The van der Waals surface area contributed by atoms with Crippen LogP contribution in [0.3, 0.4) is 0 Å². The lowest BCUT2D eigenvalue weighted by molar-refractivity contribution is 0.0194. The van der Waals surface area contributed by atoms with Gasteiger partial charge in [-0.1, -0.05) is 5.16 Å². The molecule has 1 aromatic carbocycles. The van der Waals surface area contributed by atoms with E-state index in [9.17, 15) is 26.7 Å². The average Bonchev–Trinajstić information content (AvgIpc) is 3.10. The summed E-state index contributed by atoms with van der Waals surface area (Å²) < 4.78 is 70.6. The zero-order valence-corrected chi connectivity index (χ0v) is 13.1. The van der Waals surface area contributed by atoms with Gasteiger partial charge in [-0.3, -0.25) is 0 Å². The standard InChI is InChI=1S/C13H12F3N3O4S/c1-7-17-12(23-18-7)13(20)2-3-19(6-13)24(21,22)11-5-9(15)8(14)4-10(11)16/h4-5,20H,2-3,6H2,1H3/t13-/m1/s1. The number of halogens is 3. The fraction of sp³-hybridized carbons (Fsp3) is 0.385. The van der Waals surface area contributed by atoms with Crippen LogP contribution in [-0.2, 0) is 15.6 Å². The molecule has 0 aliphatic carbocycles. The molecule has 0 unspecified atom stereocenters. The molecule has 130 valence electrons. The highest BCUT2D eigenvalue weighted by Crippen LogP contribution is 2.34. The smallest absolute Gasteiger partial charge is 0.260 e. The third-order valence-electron chi connectivity index (χ3n) is 3.73. The fourth-order valence-electron chi connectivity index (χ4n) is 2.47. The van der Waals surface area contributed by atoms with Gasteiger partial charge >= 0.3 is 0 Å². The van der Waals surface area contributed by atoms with Crippen LogP contribution < -0.4 is 0 Å². The van der Waals surface area contributed by atoms with E-state index in [2.05, 4.69) is 10.1 Å². The number of aryl methyl sites for hydroxylation is 1. The predicted molar refractivity (Wildman–Crippen MR) is 72.6 cm³/mol. The minimum atomic E-state index is -4.48. The number of rotatable bonds is 3. The summed E-state index contributed by atoms with van der Waals surface area (Å²) in [7, 11) is -4.48. The number of sulfonamides is 1. The Balaban J connectivity index is 1.94. The van der Waals surface area contributed by atoms with Crippen molar-refractivity contribution in [1.29, 1.82) is 0 Å². The van der Waals surface area contributed by atoms with E-state index in [1.807, 2.05) is 0 Å². The summed E-state index contributed by atoms with van der Waals surface area (Å²) in [5.41, 5.74) is -1.73. The van der Waals surface area contributed by atoms with Crippen molar-refractivity contribution in [2.24, 2.45) is 0 Å². The number of hydrogen-bond acceptors (Lipinski definition) is 6. The molecule has 0 saturated carbocycles. The monoisotopic (exact) mass is 363 g/mol. The Kier molecular flexibility index (Phi) is 3.89. The summed E-state index contributed by atoms with van der Waals surface area (Å²) in [6.45, 7) is 0.866. The summed E-state index contributed by atoms with van der Waals surface area (Å²) in [6, 6.07) is 0.431. The van der Waals surface area contributed by atoms with E-state index in [0.717, 1.165) is 4.31 Å². The minimum Gasteiger partial charge on any atom is -0.379 e. The fourth-order valence-corrected chi connectivity index (χ4v) is 4.02. The maximum absolute atomic E-state index is 13.8. The summed E-state index contributed by atoms with van der Waals surface area (Å²) in [5, 5.41) is 14.0. The van der Waals surface area contributed by atoms with Crippen molar-refractivity contribution in [3.8, 4) is 0 Å². The lowest BCUT2D eigenvalue weighted by Gasteiger charge is -2.20. The van der Waals surface area contributed by atoms with E-state index in [-0.39, 0.29) is 36.8 Å². The average molecular weight is 363 g/mol. The number of benzene rings is 1. The Morgan fingerprint density at radius 2 is 1.92 bits per heavy atom. The molecular formula is C13H12F3N3O4S. The number of aliphatic hydroxyl groups is 1. The molecule has 0 bridgehead atoms. The summed E-state index contributed by atoms with van der Waals surface area (Å²) in [5.74, 6) is -4.31. The normalized spacial score (nSPS) is 22.2. The Morgan fingerprint density at radius 1 is 1.25 bits per heavy atom. The number of nitrogens with zero attached hydrogens (tertiary/aromatic N) is 3. The second-order valence-electron chi connectivity index (χ2n) is 5.46. The van der Waals surface area contributed by atoms with E-state index in [1.165, 1.54) is 6.92 Å². The van der Waals surface area contributed by atoms with Crippen molar-refractivity contribution in [3.63, 3.8) is 0 Å². The van der Waals surface area contributed by atoms with E-state index < -0.39 is 44.5 Å². The van der Waals surface area contributed by atoms with Gasteiger partial charge in [0.05, 0.1) is 6.54 Å². The molecule has 1 aromatic heterocycles. The Labute approximate surface area is 134 Å². The van der Waals surface area contributed by atoms with Crippen LogP contribution in [0.2, 0.25) is 0 Å². The third-order valence-corrected chi connectivity index (χ3v) is 5.59. The molecule has 2 heterocycles. The predicted octanol–water partition coefficient (Wildman–Crippen LogP) is 1.08. The Morgan fingerprint density at radius 3 is 2.54 bits per heavy atom. The highest BCUT2D eigenvalue weighted by Gasteiger charge is 2.47. The first-order valence-corrected chi connectivity index (χ1v) is 8.25. The molecule has 1 saturated heterocycles. The van der Waals surface area contributed by atoms with Crippen LogP contribution in [-0.4, -0.2) is 41.1 Å². The molecule has 1 atom stereocenters. The summed E-state index contributed by atoms with van der Waals surface area (Å²) in [4.78, 5) is 2.86. The first-order chi connectivity index (χ1) is 11.1. The highest BCUT2D eigenvalue weighted by molar-refractivity contribution is 7.89.